The molecule has 2 aliphatic rings. The molecule has 0 aromatic heterocycles. The van der Waals surface area contributed by atoms with Gasteiger partial charge in [-0.05, 0) is 22.3 Å². The van der Waals surface area contributed by atoms with Crippen LogP contribution in [0.4, 0.5) is 9.59 Å². The van der Waals surface area contributed by atoms with Gasteiger partial charge in [-0.2, -0.15) is 0 Å². The van der Waals surface area contributed by atoms with E-state index in [9.17, 15) is 28.8 Å². The Morgan fingerprint density at radius 1 is 0.667 bits per heavy atom. The lowest BCUT2D eigenvalue weighted by Gasteiger charge is -2.25. The number of hydrogen-bond acceptors (Lipinski definition) is 14. The molecule has 16 heteroatoms. The Bertz CT molecular complexity index is 1600. The summed E-state index contributed by atoms with van der Waals surface area (Å²) in [5.74, 6) is 0.266. The number of benzene rings is 2. The second-order valence-electron chi connectivity index (χ2n) is 13.0. The second kappa shape index (κ2) is 19.7. The van der Waals surface area contributed by atoms with Crippen LogP contribution < -0.4 is 32.7 Å². The van der Waals surface area contributed by atoms with Crippen molar-refractivity contribution in [2.24, 2.45) is 23.3 Å². The van der Waals surface area contributed by atoms with Gasteiger partial charge >= 0.3 is 24.1 Å². The highest BCUT2D eigenvalue weighted by atomic mass is 16.6. The molecule has 2 fully saturated rings. The first-order valence-electron chi connectivity index (χ1n) is 17.5. The molecule has 2 aromatic carbocycles. The Kier molecular flexibility index (Phi) is 15.1. The summed E-state index contributed by atoms with van der Waals surface area (Å²) in [6.07, 6.45) is -1.74. The molecule has 290 valence electrons. The van der Waals surface area contributed by atoms with Gasteiger partial charge in [-0.1, -0.05) is 74.2 Å². The number of nitrogens with two attached hydrogens (primary N) is 2. The number of carbonyl (C=O) groups is 6. The summed E-state index contributed by atoms with van der Waals surface area (Å²) in [4.78, 5) is 77.7. The number of nitrogens with one attached hydrogen (secondary N) is 4. The van der Waals surface area contributed by atoms with E-state index >= 15 is 0 Å². The summed E-state index contributed by atoms with van der Waals surface area (Å²) in [5, 5.41) is 11.2. The molecule has 0 bridgehead atoms. The largest absolute Gasteiger partial charge is 0.468 e. The summed E-state index contributed by atoms with van der Waals surface area (Å²) in [5.41, 5.74) is 14.7. The lowest BCUT2D eigenvalue weighted by Crippen LogP contribution is -2.48. The van der Waals surface area contributed by atoms with Crippen LogP contribution >= 0.6 is 0 Å². The van der Waals surface area contributed by atoms with Crippen molar-refractivity contribution in [1.29, 1.82) is 0 Å². The molecule has 2 aromatic rings. The van der Waals surface area contributed by atoms with Crippen molar-refractivity contribution >= 4 is 35.7 Å². The minimum atomic E-state index is -0.973. The van der Waals surface area contributed by atoms with Crippen molar-refractivity contribution in [1.82, 2.24) is 21.3 Å². The van der Waals surface area contributed by atoms with Crippen LogP contribution in [0.1, 0.15) is 47.9 Å². The highest BCUT2D eigenvalue weighted by Gasteiger charge is 2.48. The van der Waals surface area contributed by atoms with Crippen molar-refractivity contribution in [3.05, 3.63) is 70.8 Å². The van der Waals surface area contributed by atoms with Gasteiger partial charge in [0, 0.05) is 38.0 Å². The fourth-order valence-corrected chi connectivity index (χ4v) is 6.68. The van der Waals surface area contributed by atoms with Gasteiger partial charge in [0.1, 0.15) is 23.7 Å². The quantitative estimate of drug-likeness (QED) is 0.0870. The van der Waals surface area contributed by atoms with Crippen LogP contribution in [0.2, 0.25) is 0 Å². The van der Waals surface area contributed by atoms with Crippen LogP contribution in [0.15, 0.2) is 48.5 Å². The number of hydrogen-bond donors (Lipinski definition) is 6. The van der Waals surface area contributed by atoms with E-state index in [1.165, 1.54) is 14.2 Å². The number of methoxy groups -OCH3 is 2. The highest BCUT2D eigenvalue weighted by molar-refractivity contribution is 5.95. The van der Waals surface area contributed by atoms with Crippen LogP contribution in [-0.4, -0.2) is 100 Å². The van der Waals surface area contributed by atoms with Crippen LogP contribution in [0.5, 0.6) is 0 Å². The highest BCUT2D eigenvalue weighted by Crippen LogP contribution is 2.29. The molecule has 8 N–H and O–H groups in total. The molecule has 4 rings (SSSR count). The number of Topliss-reactive ketones (excluding diaryl/α,β-unsaturated/α-hetero) is 2. The summed E-state index contributed by atoms with van der Waals surface area (Å²) in [6, 6.07) is 11.0. The number of rotatable bonds is 14. The molecule has 0 aliphatic carbocycles. The molecule has 0 spiro atoms. The maximum absolute atomic E-state index is 13.7. The van der Waals surface area contributed by atoms with E-state index in [0.717, 1.165) is 22.3 Å². The Balaban J connectivity index is 1.28. The van der Waals surface area contributed by atoms with E-state index < -0.39 is 72.0 Å². The summed E-state index contributed by atoms with van der Waals surface area (Å²) >= 11 is 0. The average Bonchev–Trinajstić information content (AvgIpc) is 3.81. The van der Waals surface area contributed by atoms with E-state index in [-0.39, 0.29) is 37.9 Å². The molecular formula is C38H48N6O10. The van der Waals surface area contributed by atoms with Crippen LogP contribution in [0.3, 0.4) is 0 Å². The molecule has 2 heterocycles. The molecule has 54 heavy (non-hydrogen) atoms. The predicted molar refractivity (Wildman–Crippen MR) is 194 cm³/mol. The maximum Gasteiger partial charge on any atom is 0.408 e. The van der Waals surface area contributed by atoms with Crippen molar-refractivity contribution in [2.45, 2.75) is 62.9 Å². The summed E-state index contributed by atoms with van der Waals surface area (Å²) < 4.78 is 20.1. The monoisotopic (exact) mass is 748 g/mol. The fourth-order valence-electron chi connectivity index (χ4n) is 6.68. The second-order valence-corrected chi connectivity index (χ2v) is 13.0. The molecule has 2 saturated heterocycles. The van der Waals surface area contributed by atoms with Gasteiger partial charge in [-0.3, -0.25) is 19.2 Å². The topological polar surface area (TPSA) is 240 Å². The van der Waals surface area contributed by atoms with E-state index in [4.69, 9.17) is 30.4 Å². The lowest BCUT2D eigenvalue weighted by molar-refractivity contribution is -0.146. The normalized spacial score (nSPS) is 22.8. The molecule has 8 unspecified atom stereocenters. The standard InChI is InChI=1S/C38H48N6O10/c1-21(25-11-7-23(17-39)8-12-25)33(45)29-27(19-41-31(29)35(47)51-3)43-37(49)53-15-5-6-16-54-38(50)44-28-20-42-32(36(48)52-4)30(28)34(46)22(2)26-13-9-24(18-40)10-14-26/h7-14,21-22,27-32,41-42H,15-20,39-40H2,1-4H3,(H,43,49)(H,44,50). The smallest absolute Gasteiger partial charge is 0.408 e. The fraction of sp³-hybridized carbons (Fsp3) is 0.474. The number of alkyl carbamates (subject to hydrolysis) is 2. The van der Waals surface area contributed by atoms with Gasteiger partial charge in [-0.25, -0.2) is 9.59 Å². The van der Waals surface area contributed by atoms with E-state index in [2.05, 4.69) is 33.1 Å². The van der Waals surface area contributed by atoms with E-state index in [1.54, 1.807) is 38.1 Å². The zero-order valence-corrected chi connectivity index (χ0v) is 30.7. The van der Waals surface area contributed by atoms with Crippen LogP contribution in [0.25, 0.3) is 0 Å². The first kappa shape index (κ1) is 41.4. The van der Waals surface area contributed by atoms with Gasteiger partial charge in [0.15, 0.2) is 13.2 Å². The lowest BCUT2D eigenvalue weighted by atomic mass is 9.82. The van der Waals surface area contributed by atoms with Crippen LogP contribution in [0, 0.1) is 23.7 Å². The van der Waals surface area contributed by atoms with Gasteiger partial charge < -0.3 is 51.7 Å². The van der Waals surface area contributed by atoms with Crippen LogP contribution in [-0.2, 0) is 51.2 Å². The predicted octanol–water partition coefficient (Wildman–Crippen LogP) is 0.364. The zero-order valence-electron chi connectivity index (χ0n) is 30.7. The van der Waals surface area contributed by atoms with Crippen molar-refractivity contribution < 1.29 is 47.7 Å². The zero-order chi connectivity index (χ0) is 39.4. The Labute approximate surface area is 313 Å². The number of esters is 2. The number of ketones is 2. The van der Waals surface area contributed by atoms with Gasteiger partial charge in [0.25, 0.3) is 0 Å². The molecule has 2 aliphatic heterocycles. The summed E-state index contributed by atoms with van der Waals surface area (Å²) in [6.45, 7) is 3.66. The average molecular weight is 749 g/mol. The van der Waals surface area contributed by atoms with Crippen molar-refractivity contribution in [3.8, 4) is 11.8 Å². The minimum absolute atomic E-state index is 0.114. The Morgan fingerprint density at radius 3 is 1.33 bits per heavy atom. The third-order valence-corrected chi connectivity index (χ3v) is 9.83. The van der Waals surface area contributed by atoms with Gasteiger partial charge in [0.05, 0.1) is 38.1 Å². The first-order valence-corrected chi connectivity index (χ1v) is 17.5. The number of ether oxygens (including phenoxy) is 4. The first-order chi connectivity index (χ1) is 25.9. The van der Waals surface area contributed by atoms with Gasteiger partial charge in [0.2, 0.25) is 0 Å². The number of carbonyl (C=O) groups excluding carboxylic acids is 6. The van der Waals surface area contributed by atoms with E-state index in [0.29, 0.717) is 13.1 Å². The SMILES string of the molecule is COC(=O)C1NCC(NC(=O)OCC#CCOC(=O)NC2CNC(C(=O)OC)C2C(=O)C(C)c2ccc(CN)cc2)C1C(=O)C(C)c1ccc(CN)cc1. The molecule has 8 atom stereocenters. The molecule has 16 nitrogen and oxygen atoms in total. The maximum atomic E-state index is 13.7. The van der Waals surface area contributed by atoms with E-state index in [1.807, 2.05) is 24.3 Å². The molecule has 2 amide bonds. The summed E-state index contributed by atoms with van der Waals surface area (Å²) in [7, 11) is 2.44. The minimum Gasteiger partial charge on any atom is -0.468 e. The molecule has 0 saturated carbocycles. The Morgan fingerprint density at radius 2 is 1.02 bits per heavy atom. The van der Waals surface area contributed by atoms with Gasteiger partial charge in [-0.15, -0.1) is 0 Å². The molecular weight excluding hydrogens is 700 g/mol. The third-order valence-electron chi connectivity index (χ3n) is 9.83. The molecule has 0 radical (unpaired) electrons. The Hall–Kier alpha value is -5.34. The third kappa shape index (κ3) is 10.2. The number of amides is 2. The van der Waals surface area contributed by atoms with Crippen molar-refractivity contribution in [3.63, 3.8) is 0 Å². The van der Waals surface area contributed by atoms with Crippen molar-refractivity contribution in [2.75, 3.05) is 40.5 Å².